The van der Waals surface area contributed by atoms with Crippen LogP contribution >= 0.6 is 0 Å². The van der Waals surface area contributed by atoms with E-state index in [-0.39, 0.29) is 16.7 Å². The van der Waals surface area contributed by atoms with Crippen LogP contribution in [0.25, 0.3) is 33.4 Å². The standard InChI is InChI=1S/C29H22O7/c1-16-23(17-3-9-20(10-4-17)27(30)31)15-24(18-5-11-21(12-6-18)28(32)33)26(36-2)25(16)19-7-13-22(14-8-19)29(34)35/h3-15H,1-2H3,(H,30,31)(H,32,33)(H,34,35). The summed E-state index contributed by atoms with van der Waals surface area (Å²) in [6.45, 7) is 1.92. The molecule has 0 heterocycles. The van der Waals surface area contributed by atoms with E-state index < -0.39 is 17.9 Å². The van der Waals surface area contributed by atoms with Gasteiger partial charge in [-0.2, -0.15) is 0 Å². The molecule has 0 saturated heterocycles. The number of ether oxygens (including phenoxy) is 1. The lowest BCUT2D eigenvalue weighted by atomic mass is 9.87. The predicted molar refractivity (Wildman–Crippen MR) is 135 cm³/mol. The Labute approximate surface area is 206 Å². The Kier molecular flexibility index (Phi) is 6.56. The SMILES string of the molecule is COc1c(-c2ccc(C(=O)O)cc2)cc(-c2ccc(C(=O)O)cc2)c(C)c1-c1ccc(C(=O)O)cc1. The van der Waals surface area contributed by atoms with Crippen molar-refractivity contribution in [1.82, 2.24) is 0 Å². The quantitative estimate of drug-likeness (QED) is 0.291. The summed E-state index contributed by atoms with van der Waals surface area (Å²) in [5.74, 6) is -2.54. The summed E-state index contributed by atoms with van der Waals surface area (Å²) in [5.41, 5.74) is 5.84. The van der Waals surface area contributed by atoms with Crippen molar-refractivity contribution in [2.24, 2.45) is 0 Å². The Morgan fingerprint density at radius 1 is 0.583 bits per heavy atom. The van der Waals surface area contributed by atoms with Crippen molar-refractivity contribution in [2.75, 3.05) is 7.11 Å². The highest BCUT2D eigenvalue weighted by molar-refractivity contribution is 5.94. The van der Waals surface area contributed by atoms with Crippen molar-refractivity contribution < 1.29 is 34.4 Å². The molecule has 4 rings (SSSR count). The fourth-order valence-electron chi connectivity index (χ4n) is 4.20. The molecule has 180 valence electrons. The van der Waals surface area contributed by atoms with Gasteiger partial charge < -0.3 is 20.1 Å². The molecule has 0 spiro atoms. The molecule has 7 nitrogen and oxygen atoms in total. The second kappa shape index (κ2) is 9.76. The van der Waals surface area contributed by atoms with E-state index in [2.05, 4.69) is 0 Å². The number of carboxylic acids is 3. The maximum atomic E-state index is 11.4. The molecule has 0 saturated carbocycles. The zero-order valence-corrected chi connectivity index (χ0v) is 19.5. The number of methoxy groups -OCH3 is 1. The molecule has 4 aromatic carbocycles. The van der Waals surface area contributed by atoms with E-state index in [1.54, 1.807) is 43.5 Å². The van der Waals surface area contributed by atoms with Crippen LogP contribution in [-0.2, 0) is 0 Å². The summed E-state index contributed by atoms with van der Waals surface area (Å²) in [7, 11) is 1.54. The average Bonchev–Trinajstić information content (AvgIpc) is 2.88. The number of rotatable bonds is 7. The van der Waals surface area contributed by atoms with Gasteiger partial charge in [-0.15, -0.1) is 0 Å². The fraction of sp³-hybridized carbons (Fsp3) is 0.0690. The Hall–Kier alpha value is -4.91. The van der Waals surface area contributed by atoms with Crippen LogP contribution in [0.1, 0.15) is 36.6 Å². The monoisotopic (exact) mass is 482 g/mol. The first kappa shape index (κ1) is 24.2. The van der Waals surface area contributed by atoms with Gasteiger partial charge in [0.1, 0.15) is 5.75 Å². The van der Waals surface area contributed by atoms with Crippen molar-refractivity contribution in [1.29, 1.82) is 0 Å². The van der Waals surface area contributed by atoms with Gasteiger partial charge in [0, 0.05) is 11.1 Å². The van der Waals surface area contributed by atoms with Gasteiger partial charge in [-0.05, 0) is 77.2 Å². The van der Waals surface area contributed by atoms with Crippen LogP contribution in [0.5, 0.6) is 5.75 Å². The van der Waals surface area contributed by atoms with Gasteiger partial charge in [0.15, 0.2) is 0 Å². The van der Waals surface area contributed by atoms with Gasteiger partial charge in [0.05, 0.1) is 23.8 Å². The maximum Gasteiger partial charge on any atom is 0.335 e. The Balaban J connectivity index is 2.00. The minimum absolute atomic E-state index is 0.152. The van der Waals surface area contributed by atoms with Gasteiger partial charge in [-0.25, -0.2) is 14.4 Å². The highest BCUT2D eigenvalue weighted by atomic mass is 16.5. The molecular formula is C29H22O7. The lowest BCUT2D eigenvalue weighted by Crippen LogP contribution is -2.00. The van der Waals surface area contributed by atoms with Crippen LogP contribution in [-0.4, -0.2) is 40.3 Å². The van der Waals surface area contributed by atoms with Gasteiger partial charge in [0.2, 0.25) is 0 Å². The molecule has 0 radical (unpaired) electrons. The predicted octanol–water partition coefficient (Wildman–Crippen LogP) is 6.10. The third-order valence-electron chi connectivity index (χ3n) is 6.05. The fourth-order valence-corrected chi connectivity index (χ4v) is 4.20. The van der Waals surface area contributed by atoms with Gasteiger partial charge in [0.25, 0.3) is 0 Å². The molecule has 0 bridgehead atoms. The summed E-state index contributed by atoms with van der Waals surface area (Å²) in [4.78, 5) is 34.0. The first-order valence-electron chi connectivity index (χ1n) is 10.9. The highest BCUT2D eigenvalue weighted by Crippen LogP contribution is 2.45. The minimum Gasteiger partial charge on any atom is -0.495 e. The van der Waals surface area contributed by atoms with Crippen LogP contribution in [0, 0.1) is 6.92 Å². The molecule has 0 unspecified atom stereocenters. The second-order valence-electron chi connectivity index (χ2n) is 8.15. The number of aromatic carboxylic acids is 3. The summed E-state index contributed by atoms with van der Waals surface area (Å²) in [6, 6.07) is 21.3. The molecule has 3 N–H and O–H groups in total. The van der Waals surface area contributed by atoms with Crippen molar-refractivity contribution in [3.63, 3.8) is 0 Å². The molecule has 0 aromatic heterocycles. The number of benzene rings is 4. The topological polar surface area (TPSA) is 121 Å². The summed E-state index contributed by atoms with van der Waals surface area (Å²) < 4.78 is 5.85. The van der Waals surface area contributed by atoms with Crippen LogP contribution in [0.3, 0.4) is 0 Å². The Morgan fingerprint density at radius 2 is 0.944 bits per heavy atom. The molecule has 0 fully saturated rings. The highest BCUT2D eigenvalue weighted by Gasteiger charge is 2.21. The van der Waals surface area contributed by atoms with E-state index in [4.69, 9.17) is 4.74 Å². The Bertz CT molecular complexity index is 1470. The first-order valence-corrected chi connectivity index (χ1v) is 10.9. The molecule has 36 heavy (non-hydrogen) atoms. The number of hydrogen-bond donors (Lipinski definition) is 3. The van der Waals surface area contributed by atoms with Crippen molar-refractivity contribution in [3.8, 4) is 39.1 Å². The molecular weight excluding hydrogens is 460 g/mol. The van der Waals surface area contributed by atoms with E-state index in [1.165, 1.54) is 36.4 Å². The van der Waals surface area contributed by atoms with Crippen LogP contribution in [0.4, 0.5) is 0 Å². The molecule has 0 aliphatic rings. The molecule has 0 aliphatic carbocycles. The van der Waals surface area contributed by atoms with Crippen LogP contribution < -0.4 is 4.74 Å². The number of hydrogen-bond acceptors (Lipinski definition) is 4. The summed E-state index contributed by atoms with van der Waals surface area (Å²) in [5, 5.41) is 27.9. The van der Waals surface area contributed by atoms with Crippen molar-refractivity contribution in [3.05, 3.63) is 101 Å². The van der Waals surface area contributed by atoms with E-state index in [0.29, 0.717) is 11.3 Å². The largest absolute Gasteiger partial charge is 0.495 e. The zero-order valence-electron chi connectivity index (χ0n) is 19.5. The van der Waals surface area contributed by atoms with E-state index in [0.717, 1.165) is 33.4 Å². The molecule has 7 heteroatoms. The van der Waals surface area contributed by atoms with Gasteiger partial charge in [-0.1, -0.05) is 36.4 Å². The minimum atomic E-state index is -1.03. The van der Waals surface area contributed by atoms with Crippen LogP contribution in [0.2, 0.25) is 0 Å². The maximum absolute atomic E-state index is 11.4. The normalized spacial score (nSPS) is 10.6. The second-order valence-corrected chi connectivity index (χ2v) is 8.15. The average molecular weight is 482 g/mol. The lowest BCUT2D eigenvalue weighted by Gasteiger charge is -2.21. The van der Waals surface area contributed by atoms with E-state index >= 15 is 0 Å². The molecule has 0 atom stereocenters. The third-order valence-corrected chi connectivity index (χ3v) is 6.05. The van der Waals surface area contributed by atoms with Crippen molar-refractivity contribution in [2.45, 2.75) is 6.92 Å². The van der Waals surface area contributed by atoms with Crippen molar-refractivity contribution >= 4 is 17.9 Å². The van der Waals surface area contributed by atoms with Gasteiger partial charge >= 0.3 is 17.9 Å². The smallest absolute Gasteiger partial charge is 0.335 e. The lowest BCUT2D eigenvalue weighted by molar-refractivity contribution is 0.0686. The first-order chi connectivity index (χ1) is 17.2. The molecule has 0 amide bonds. The van der Waals surface area contributed by atoms with Gasteiger partial charge in [-0.3, -0.25) is 0 Å². The zero-order chi connectivity index (χ0) is 26.0. The van der Waals surface area contributed by atoms with Crippen LogP contribution in [0.15, 0.2) is 78.9 Å². The van der Waals surface area contributed by atoms with E-state index in [1.807, 2.05) is 13.0 Å². The number of carboxylic acid groups (broad SMARTS) is 3. The number of carbonyl (C=O) groups is 3. The Morgan fingerprint density at radius 3 is 1.31 bits per heavy atom. The van der Waals surface area contributed by atoms with E-state index in [9.17, 15) is 29.7 Å². The summed E-state index contributed by atoms with van der Waals surface area (Å²) in [6.07, 6.45) is 0. The summed E-state index contributed by atoms with van der Waals surface area (Å²) >= 11 is 0. The molecule has 0 aliphatic heterocycles. The third kappa shape index (κ3) is 4.54. The molecule has 4 aromatic rings.